The molecule has 1 aliphatic rings. The molecule has 5 nitrogen and oxygen atoms in total. The van der Waals surface area contributed by atoms with Crippen molar-refractivity contribution in [3.05, 3.63) is 35.9 Å². The minimum absolute atomic E-state index is 0.486. The minimum atomic E-state index is 0.486. The fraction of sp³-hybridized carbons (Fsp3) is 0.286. The highest BCUT2D eigenvalue weighted by Crippen LogP contribution is 2.38. The van der Waals surface area contributed by atoms with Gasteiger partial charge in [-0.25, -0.2) is 15.5 Å². The molecule has 0 atom stereocenters. The second-order valence-electron chi connectivity index (χ2n) is 4.99. The maximum atomic E-state index is 7.38. The van der Waals surface area contributed by atoms with Crippen molar-refractivity contribution in [3.8, 4) is 11.1 Å². The van der Waals surface area contributed by atoms with Crippen molar-refractivity contribution in [2.45, 2.75) is 12.8 Å². The summed E-state index contributed by atoms with van der Waals surface area (Å²) in [5, 5.41) is 6.21. The summed E-state index contributed by atoms with van der Waals surface area (Å²) in [4.78, 5) is 7.99. The maximum absolute atomic E-state index is 7.38. The van der Waals surface area contributed by atoms with Crippen LogP contribution < -0.4 is 5.32 Å². The summed E-state index contributed by atoms with van der Waals surface area (Å²) in [6, 6.07) is 3.90. The Morgan fingerprint density at radius 2 is 2.05 bits per heavy atom. The van der Waals surface area contributed by atoms with E-state index in [9.17, 15) is 0 Å². The highest BCUT2D eigenvalue weighted by Gasteiger charge is 2.24. The first-order chi connectivity index (χ1) is 9.79. The zero-order valence-electron chi connectivity index (χ0n) is 10.9. The van der Waals surface area contributed by atoms with Crippen LogP contribution in [0.2, 0.25) is 5.02 Å². The minimum Gasteiger partial charge on any atom is -0.312 e. The number of benzene rings is 1. The van der Waals surface area contributed by atoms with Gasteiger partial charge in [0.1, 0.15) is 6.33 Å². The van der Waals surface area contributed by atoms with Crippen LogP contribution in [0, 0.1) is 11.4 Å². The molecule has 1 aromatic carbocycles. The third kappa shape index (κ3) is 2.69. The molecule has 1 aliphatic carbocycles. The van der Waals surface area contributed by atoms with Crippen molar-refractivity contribution < 1.29 is 5.32 Å². The average Bonchev–Trinajstić information content (AvgIpc) is 3.30. The monoisotopic (exact) mass is 288 g/mol. The van der Waals surface area contributed by atoms with Crippen LogP contribution in [0.5, 0.6) is 0 Å². The summed E-state index contributed by atoms with van der Waals surface area (Å²) in [6.45, 7) is 1.03. The molecule has 0 amide bonds. The van der Waals surface area contributed by atoms with Crippen LogP contribution in [0.15, 0.2) is 36.0 Å². The third-order valence-electron chi connectivity index (χ3n) is 3.50. The van der Waals surface area contributed by atoms with E-state index < -0.39 is 0 Å². The lowest BCUT2D eigenvalue weighted by molar-refractivity contribution is -0.574. The first-order valence-corrected chi connectivity index (χ1v) is 6.96. The van der Waals surface area contributed by atoms with E-state index >= 15 is 0 Å². The van der Waals surface area contributed by atoms with Gasteiger partial charge in [0.15, 0.2) is 11.4 Å². The number of hydrogen-bond acceptors (Lipinski definition) is 4. The smallest absolute Gasteiger partial charge is 0.165 e. The molecule has 1 aromatic heterocycles. The Labute approximate surface area is 121 Å². The Bertz CT molecular complexity index is 625. The summed E-state index contributed by atoms with van der Waals surface area (Å²) in [6.07, 6.45) is 7.49. The molecule has 1 saturated carbocycles. The zero-order valence-corrected chi connectivity index (χ0v) is 11.6. The summed E-state index contributed by atoms with van der Waals surface area (Å²) in [5.41, 5.74) is 10.5. The number of aromatic nitrogens is 2. The second kappa shape index (κ2) is 5.64. The van der Waals surface area contributed by atoms with Crippen molar-refractivity contribution in [2.24, 2.45) is 11.0 Å². The summed E-state index contributed by atoms with van der Waals surface area (Å²) in [5.74, 6) is 0.801. The highest BCUT2D eigenvalue weighted by atomic mass is 35.5. The molecule has 102 valence electrons. The van der Waals surface area contributed by atoms with Crippen molar-refractivity contribution in [1.29, 1.82) is 5.53 Å². The van der Waals surface area contributed by atoms with Gasteiger partial charge >= 0.3 is 0 Å². The molecule has 1 heterocycles. The third-order valence-corrected chi connectivity index (χ3v) is 3.88. The van der Waals surface area contributed by atoms with Gasteiger partial charge in [0.2, 0.25) is 0 Å². The molecule has 0 aliphatic heterocycles. The molecular formula is C14H15ClN5+. The molecule has 2 aromatic rings. The first kappa shape index (κ1) is 13.1. The van der Waals surface area contributed by atoms with E-state index in [0.717, 1.165) is 29.3 Å². The molecule has 3 N–H and O–H groups in total. The topological polar surface area (TPSA) is 78.6 Å². The van der Waals surface area contributed by atoms with Crippen LogP contribution in [0.3, 0.4) is 0 Å². The van der Waals surface area contributed by atoms with Crippen molar-refractivity contribution in [2.75, 3.05) is 6.54 Å². The molecule has 0 radical (unpaired) electrons. The lowest BCUT2D eigenvalue weighted by Crippen LogP contribution is -2.78. The fourth-order valence-electron chi connectivity index (χ4n) is 2.17. The van der Waals surface area contributed by atoms with Gasteiger partial charge in [0.05, 0.1) is 11.6 Å². The van der Waals surface area contributed by atoms with Crippen molar-refractivity contribution >= 4 is 23.0 Å². The lowest BCUT2D eigenvalue weighted by Gasteiger charge is -2.09. The second-order valence-corrected chi connectivity index (χ2v) is 5.37. The van der Waals surface area contributed by atoms with E-state index in [1.807, 2.05) is 12.1 Å². The number of rotatable bonds is 5. The highest BCUT2D eigenvalue weighted by molar-refractivity contribution is 6.36. The molecule has 0 saturated heterocycles. The summed E-state index contributed by atoms with van der Waals surface area (Å²) < 4.78 is 0. The number of quaternary nitrogens is 1. The SMILES string of the molecule is N=Nc1c([NH2+]CC2CC2)ccc(-c2cncnc2)c1Cl. The quantitative estimate of drug-likeness (QED) is 0.655. The Morgan fingerprint density at radius 3 is 2.70 bits per heavy atom. The molecule has 1 fully saturated rings. The number of nitrogens with zero attached hydrogens (tertiary/aromatic N) is 3. The van der Waals surface area contributed by atoms with Gasteiger partial charge in [-0.2, -0.15) is 5.11 Å². The van der Waals surface area contributed by atoms with Gasteiger partial charge in [-0.3, -0.25) is 0 Å². The Balaban J connectivity index is 1.95. The van der Waals surface area contributed by atoms with Gasteiger partial charge in [0.25, 0.3) is 0 Å². The largest absolute Gasteiger partial charge is 0.312 e. The summed E-state index contributed by atoms with van der Waals surface area (Å²) >= 11 is 6.39. The first-order valence-electron chi connectivity index (χ1n) is 6.58. The predicted molar refractivity (Wildman–Crippen MR) is 76.5 cm³/mol. The normalized spacial score (nSPS) is 14.2. The van der Waals surface area contributed by atoms with Crippen molar-refractivity contribution in [1.82, 2.24) is 9.97 Å². The fourth-order valence-corrected chi connectivity index (χ4v) is 2.49. The van der Waals surface area contributed by atoms with Gasteiger partial charge in [-0.1, -0.05) is 11.6 Å². The number of nitrogens with two attached hydrogens (primary N) is 1. The van der Waals surface area contributed by atoms with E-state index in [4.69, 9.17) is 17.1 Å². The van der Waals surface area contributed by atoms with Crippen LogP contribution >= 0.6 is 11.6 Å². The Kier molecular flexibility index (Phi) is 3.71. The van der Waals surface area contributed by atoms with E-state index in [-0.39, 0.29) is 0 Å². The van der Waals surface area contributed by atoms with Crippen LogP contribution in [0.4, 0.5) is 11.4 Å². The van der Waals surface area contributed by atoms with E-state index in [2.05, 4.69) is 20.4 Å². The molecular weight excluding hydrogens is 274 g/mol. The maximum Gasteiger partial charge on any atom is 0.165 e. The van der Waals surface area contributed by atoms with Gasteiger partial charge in [-0.15, -0.1) is 0 Å². The number of nitrogens with one attached hydrogen (secondary N) is 1. The standard InChI is InChI=1S/C14H14ClN5/c15-13-11(10-6-17-8-18-7-10)3-4-12(14(13)20-16)19-5-9-1-2-9/h3-4,6-9,16,19H,1-2,5H2/p+1. The van der Waals surface area contributed by atoms with Crippen LogP contribution in [-0.4, -0.2) is 16.5 Å². The lowest BCUT2D eigenvalue weighted by atomic mass is 10.1. The van der Waals surface area contributed by atoms with Gasteiger partial charge in [-0.05, 0) is 18.9 Å². The molecule has 20 heavy (non-hydrogen) atoms. The number of halogens is 1. The summed E-state index contributed by atoms with van der Waals surface area (Å²) in [7, 11) is 0. The van der Waals surface area contributed by atoms with E-state index in [1.165, 1.54) is 19.2 Å². The van der Waals surface area contributed by atoms with Crippen LogP contribution in [0.25, 0.3) is 11.1 Å². The van der Waals surface area contributed by atoms with Crippen molar-refractivity contribution in [3.63, 3.8) is 0 Å². The van der Waals surface area contributed by atoms with Gasteiger partial charge in [0, 0.05) is 35.5 Å². The Hall–Kier alpha value is -1.85. The number of hydrogen-bond donors (Lipinski definition) is 2. The molecule has 0 spiro atoms. The van der Waals surface area contributed by atoms with E-state index in [0.29, 0.717) is 10.7 Å². The molecule has 3 rings (SSSR count). The van der Waals surface area contributed by atoms with E-state index in [1.54, 1.807) is 12.4 Å². The predicted octanol–water partition coefficient (Wildman–Crippen LogP) is 3.06. The molecule has 6 heteroatoms. The van der Waals surface area contributed by atoms with Crippen LogP contribution in [-0.2, 0) is 0 Å². The van der Waals surface area contributed by atoms with Gasteiger partial charge < -0.3 is 5.32 Å². The zero-order chi connectivity index (χ0) is 13.9. The van der Waals surface area contributed by atoms with Crippen LogP contribution in [0.1, 0.15) is 12.8 Å². The Morgan fingerprint density at radius 1 is 1.30 bits per heavy atom. The average molecular weight is 289 g/mol. The molecule has 0 bridgehead atoms. The molecule has 0 unspecified atom stereocenters.